The highest BCUT2D eigenvalue weighted by Crippen LogP contribution is 1.97. The third-order valence-corrected chi connectivity index (χ3v) is 2.72. The third kappa shape index (κ3) is 5.53. The van der Waals surface area contributed by atoms with Crippen molar-refractivity contribution in [1.29, 1.82) is 0 Å². The van der Waals surface area contributed by atoms with E-state index in [0.717, 1.165) is 18.0 Å². The second kappa shape index (κ2) is 6.90. The fourth-order valence-electron chi connectivity index (χ4n) is 1.68. The van der Waals surface area contributed by atoms with Crippen LogP contribution >= 0.6 is 0 Å². The maximum atomic E-state index is 11.9. The van der Waals surface area contributed by atoms with Crippen molar-refractivity contribution in [1.82, 2.24) is 20.2 Å². The van der Waals surface area contributed by atoms with Crippen molar-refractivity contribution < 1.29 is 19.5 Å². The first-order valence-electron chi connectivity index (χ1n) is 5.87. The molecule has 1 saturated heterocycles. The number of nitrogens with one attached hydrogen (secondary N) is 1. The lowest BCUT2D eigenvalue weighted by molar-refractivity contribution is -0.137. The molecule has 0 aromatic rings. The molecule has 4 N–H and O–H groups in total. The molecule has 0 radical (unpaired) electrons. The average Bonchev–Trinajstić information content (AvgIpc) is 2.30. The molecular formula is C10H19N5O4. The predicted octanol–water partition coefficient (Wildman–Crippen LogP) is -2.27. The van der Waals surface area contributed by atoms with E-state index < -0.39 is 31.0 Å². The summed E-state index contributed by atoms with van der Waals surface area (Å²) in [5.74, 6) is -1.95. The fourth-order valence-corrected chi connectivity index (χ4v) is 1.68. The standard InChI is InChI=1S/C10H19N5O4/c1-13-2-4-15(5-3-13)12-10(19)14(6-8(11)16)7-9(17)18/h2-7H2,1H3,(H2,11,16)(H,12,19)(H,17,18). The van der Waals surface area contributed by atoms with Gasteiger partial charge in [0.25, 0.3) is 0 Å². The first kappa shape index (κ1) is 15.2. The van der Waals surface area contributed by atoms with Gasteiger partial charge in [0.1, 0.15) is 13.1 Å². The van der Waals surface area contributed by atoms with Crippen LogP contribution in [0.3, 0.4) is 0 Å². The average molecular weight is 273 g/mol. The van der Waals surface area contributed by atoms with E-state index in [1.807, 2.05) is 7.05 Å². The number of hydrogen-bond acceptors (Lipinski definition) is 5. The second-order valence-electron chi connectivity index (χ2n) is 4.42. The van der Waals surface area contributed by atoms with Gasteiger partial charge in [-0.15, -0.1) is 0 Å². The van der Waals surface area contributed by atoms with Crippen molar-refractivity contribution in [3.8, 4) is 0 Å². The van der Waals surface area contributed by atoms with Crippen LogP contribution in [0.15, 0.2) is 0 Å². The zero-order valence-corrected chi connectivity index (χ0v) is 10.8. The van der Waals surface area contributed by atoms with E-state index in [-0.39, 0.29) is 0 Å². The first-order valence-corrected chi connectivity index (χ1v) is 5.87. The summed E-state index contributed by atoms with van der Waals surface area (Å²) in [5.41, 5.74) is 7.56. The van der Waals surface area contributed by atoms with Gasteiger partial charge in [-0.2, -0.15) is 0 Å². The van der Waals surface area contributed by atoms with Crippen molar-refractivity contribution in [2.24, 2.45) is 5.73 Å². The van der Waals surface area contributed by atoms with Crippen LogP contribution in [0.25, 0.3) is 0 Å². The highest BCUT2D eigenvalue weighted by Gasteiger charge is 2.22. The molecule has 1 rings (SSSR count). The molecule has 3 amide bonds. The Bertz CT molecular complexity index is 338. The minimum absolute atomic E-state index is 0.425. The van der Waals surface area contributed by atoms with Crippen LogP contribution in [0.4, 0.5) is 4.79 Å². The number of carboxylic acids is 1. The van der Waals surface area contributed by atoms with Crippen molar-refractivity contribution in [3.05, 3.63) is 0 Å². The number of amides is 3. The molecule has 108 valence electrons. The Morgan fingerprint density at radius 2 is 1.79 bits per heavy atom. The number of hydrazine groups is 1. The van der Waals surface area contributed by atoms with Gasteiger partial charge in [-0.1, -0.05) is 0 Å². The minimum Gasteiger partial charge on any atom is -0.480 e. The minimum atomic E-state index is -1.20. The van der Waals surface area contributed by atoms with Crippen molar-refractivity contribution in [3.63, 3.8) is 0 Å². The van der Waals surface area contributed by atoms with Gasteiger partial charge in [0.2, 0.25) is 5.91 Å². The lowest BCUT2D eigenvalue weighted by Crippen LogP contribution is -2.57. The number of primary amides is 1. The van der Waals surface area contributed by atoms with E-state index in [9.17, 15) is 14.4 Å². The molecule has 0 aromatic carbocycles. The van der Waals surface area contributed by atoms with Gasteiger partial charge in [0.15, 0.2) is 0 Å². The molecule has 0 saturated carbocycles. The zero-order chi connectivity index (χ0) is 14.4. The summed E-state index contributed by atoms with van der Waals surface area (Å²) in [6.07, 6.45) is 0. The van der Waals surface area contributed by atoms with Crippen LogP contribution in [-0.2, 0) is 9.59 Å². The van der Waals surface area contributed by atoms with Crippen molar-refractivity contribution in [2.45, 2.75) is 0 Å². The number of nitrogens with zero attached hydrogens (tertiary/aromatic N) is 3. The highest BCUT2D eigenvalue weighted by atomic mass is 16.4. The molecule has 9 nitrogen and oxygen atoms in total. The number of rotatable bonds is 5. The van der Waals surface area contributed by atoms with Crippen LogP contribution in [-0.4, -0.2) is 84.1 Å². The molecule has 0 unspecified atom stereocenters. The molecular weight excluding hydrogens is 254 g/mol. The molecule has 1 heterocycles. The molecule has 0 aromatic heterocycles. The largest absolute Gasteiger partial charge is 0.480 e. The first-order chi connectivity index (χ1) is 8.88. The summed E-state index contributed by atoms with van der Waals surface area (Å²) in [6, 6.07) is -0.634. The Hall–Kier alpha value is -1.87. The third-order valence-electron chi connectivity index (χ3n) is 2.72. The summed E-state index contributed by atoms with van der Waals surface area (Å²) in [4.78, 5) is 36.3. The van der Waals surface area contributed by atoms with Crippen LogP contribution in [0.1, 0.15) is 0 Å². The Morgan fingerprint density at radius 1 is 1.21 bits per heavy atom. The number of nitrogens with two attached hydrogens (primary N) is 1. The van der Waals surface area contributed by atoms with Gasteiger partial charge in [-0.05, 0) is 7.05 Å². The lowest BCUT2D eigenvalue weighted by atomic mass is 10.4. The topological polar surface area (TPSA) is 119 Å². The lowest BCUT2D eigenvalue weighted by Gasteiger charge is -2.33. The molecule has 0 aliphatic carbocycles. The zero-order valence-electron chi connectivity index (χ0n) is 10.8. The molecule has 0 spiro atoms. The molecule has 0 atom stereocenters. The maximum absolute atomic E-state index is 11.9. The number of hydrogen-bond donors (Lipinski definition) is 3. The van der Waals surface area contributed by atoms with Gasteiger partial charge in [-0.25, -0.2) is 9.80 Å². The van der Waals surface area contributed by atoms with Gasteiger partial charge < -0.3 is 20.6 Å². The van der Waals surface area contributed by atoms with E-state index in [1.54, 1.807) is 5.01 Å². The Balaban J connectivity index is 2.51. The number of carbonyl (C=O) groups is 3. The number of urea groups is 1. The quantitative estimate of drug-likeness (QED) is 0.519. The second-order valence-corrected chi connectivity index (χ2v) is 4.42. The van der Waals surface area contributed by atoms with Gasteiger partial charge in [-0.3, -0.25) is 15.0 Å². The Labute approximate surface area is 110 Å². The monoisotopic (exact) mass is 273 g/mol. The highest BCUT2D eigenvalue weighted by molar-refractivity contribution is 5.85. The molecule has 1 aliphatic heterocycles. The fraction of sp³-hybridized carbons (Fsp3) is 0.700. The number of likely N-dealkylation sites (N-methyl/N-ethyl adjacent to an activating group) is 1. The summed E-state index contributed by atoms with van der Waals surface area (Å²) in [5, 5.41) is 10.4. The number of carboxylic acid groups (broad SMARTS) is 1. The Kier molecular flexibility index (Phi) is 5.52. The maximum Gasteiger partial charge on any atom is 0.332 e. The van der Waals surface area contributed by atoms with Crippen LogP contribution in [0.5, 0.6) is 0 Å². The van der Waals surface area contributed by atoms with Gasteiger partial charge in [0.05, 0.1) is 0 Å². The SMILES string of the molecule is CN1CCN(NC(=O)N(CC(N)=O)CC(=O)O)CC1. The van der Waals surface area contributed by atoms with Crippen LogP contribution in [0, 0.1) is 0 Å². The molecule has 0 bridgehead atoms. The summed E-state index contributed by atoms with van der Waals surface area (Å²) < 4.78 is 0. The summed E-state index contributed by atoms with van der Waals surface area (Å²) in [7, 11) is 1.98. The molecule has 1 aliphatic rings. The number of aliphatic carboxylic acids is 1. The van der Waals surface area contributed by atoms with E-state index in [0.29, 0.717) is 13.1 Å². The predicted molar refractivity (Wildman–Crippen MR) is 66.0 cm³/mol. The molecule has 9 heteroatoms. The van der Waals surface area contributed by atoms with E-state index in [4.69, 9.17) is 10.8 Å². The van der Waals surface area contributed by atoms with Crippen LogP contribution < -0.4 is 11.2 Å². The molecule has 19 heavy (non-hydrogen) atoms. The summed E-state index contributed by atoms with van der Waals surface area (Å²) >= 11 is 0. The van der Waals surface area contributed by atoms with E-state index in [2.05, 4.69) is 10.3 Å². The van der Waals surface area contributed by atoms with Gasteiger partial charge in [0, 0.05) is 26.2 Å². The Morgan fingerprint density at radius 3 is 2.26 bits per heavy atom. The van der Waals surface area contributed by atoms with E-state index >= 15 is 0 Å². The molecule has 1 fully saturated rings. The normalized spacial score (nSPS) is 16.9. The van der Waals surface area contributed by atoms with E-state index in [1.165, 1.54) is 0 Å². The summed E-state index contributed by atoms with van der Waals surface area (Å²) in [6.45, 7) is 1.89. The van der Waals surface area contributed by atoms with Crippen LogP contribution in [0.2, 0.25) is 0 Å². The number of piperazine rings is 1. The number of carbonyl (C=O) groups excluding carboxylic acids is 2. The smallest absolute Gasteiger partial charge is 0.332 e. The van der Waals surface area contributed by atoms with Gasteiger partial charge >= 0.3 is 12.0 Å². The van der Waals surface area contributed by atoms with Crippen molar-refractivity contribution >= 4 is 17.9 Å². The van der Waals surface area contributed by atoms with Crippen molar-refractivity contribution in [2.75, 3.05) is 46.3 Å².